The first kappa shape index (κ1) is 23.1. The topological polar surface area (TPSA) is 82.6 Å². The van der Waals surface area contributed by atoms with E-state index in [1.165, 1.54) is 20.3 Å². The largest absolute Gasteiger partial charge is 0.493 e. The number of carbonyl (C=O) groups is 1. The van der Waals surface area contributed by atoms with Gasteiger partial charge in [0.1, 0.15) is 11.3 Å². The molecular weight excluding hydrogens is 442 g/mol. The van der Waals surface area contributed by atoms with Crippen molar-refractivity contribution in [3.8, 4) is 23.3 Å². The minimum Gasteiger partial charge on any atom is -0.493 e. The molecule has 1 aromatic heterocycles. The second-order valence-electron chi connectivity index (χ2n) is 7.95. The molecule has 1 amide bonds. The van der Waals surface area contributed by atoms with Gasteiger partial charge in [-0.05, 0) is 37.0 Å². The maximum atomic E-state index is 14.8. The molecule has 0 radical (unpaired) electrons. The van der Waals surface area contributed by atoms with Crippen molar-refractivity contribution in [2.45, 2.75) is 19.4 Å². The van der Waals surface area contributed by atoms with Crippen molar-refractivity contribution >= 4 is 22.5 Å². The number of hydrogen-bond acceptors (Lipinski definition) is 5. The van der Waals surface area contributed by atoms with Crippen LogP contribution in [0, 0.1) is 30.4 Å². The van der Waals surface area contributed by atoms with Gasteiger partial charge in [0.2, 0.25) is 5.91 Å². The molecule has 176 valence electrons. The van der Waals surface area contributed by atoms with Crippen LogP contribution in [0.1, 0.15) is 29.3 Å². The van der Waals surface area contributed by atoms with Crippen LogP contribution >= 0.6 is 0 Å². The Labute approximate surface area is 195 Å². The Hall–Kier alpha value is -4.06. The second kappa shape index (κ2) is 9.06. The summed E-state index contributed by atoms with van der Waals surface area (Å²) in [5, 5.41) is 5.26. The Balaban J connectivity index is 1.86. The number of anilines is 1. The fraction of sp³-hybridized carbons (Fsp3) is 0.280. The van der Waals surface area contributed by atoms with Crippen LogP contribution in [0.3, 0.4) is 0 Å². The third-order valence-electron chi connectivity index (χ3n) is 5.96. The fourth-order valence-electron chi connectivity index (χ4n) is 4.20. The standard InChI is InChI=1S/C25H24F2N4O3/c1-5-21(32)30-11-10-15(13-30)31-25-14(2)6-8-17(28)22(25)18(29-31)9-7-16-23(26)19(33-3)12-20(34-4)24(16)27/h5-6,8,12,15H,1,10-11,13,28H2,2-4H3. The van der Waals surface area contributed by atoms with Crippen LogP contribution in [0.25, 0.3) is 10.9 Å². The van der Waals surface area contributed by atoms with Gasteiger partial charge in [0.15, 0.2) is 23.1 Å². The summed E-state index contributed by atoms with van der Waals surface area (Å²) in [5.74, 6) is 2.96. The maximum absolute atomic E-state index is 14.8. The Morgan fingerprint density at radius 2 is 1.91 bits per heavy atom. The molecule has 4 rings (SSSR count). The predicted octanol–water partition coefficient (Wildman–Crippen LogP) is 3.58. The van der Waals surface area contributed by atoms with E-state index in [0.29, 0.717) is 30.6 Å². The van der Waals surface area contributed by atoms with Gasteiger partial charge in [-0.2, -0.15) is 5.10 Å². The number of fused-ring (bicyclic) bond motifs is 1. The van der Waals surface area contributed by atoms with Gasteiger partial charge in [-0.1, -0.05) is 18.6 Å². The van der Waals surface area contributed by atoms with Gasteiger partial charge >= 0.3 is 0 Å². The summed E-state index contributed by atoms with van der Waals surface area (Å²) in [6, 6.07) is 4.64. The van der Waals surface area contributed by atoms with Gasteiger partial charge in [0.25, 0.3) is 0 Å². The first-order valence-electron chi connectivity index (χ1n) is 10.6. The van der Waals surface area contributed by atoms with E-state index in [-0.39, 0.29) is 29.1 Å². The molecule has 2 aromatic carbocycles. The normalized spacial score (nSPS) is 15.2. The number of nitrogen functional groups attached to an aromatic ring is 1. The highest BCUT2D eigenvalue weighted by Crippen LogP contribution is 2.34. The van der Waals surface area contributed by atoms with Gasteiger partial charge in [-0.3, -0.25) is 9.48 Å². The fourth-order valence-corrected chi connectivity index (χ4v) is 4.20. The number of carbonyl (C=O) groups excluding carboxylic acids is 1. The summed E-state index contributed by atoms with van der Waals surface area (Å²) in [5.41, 5.74) is 8.19. The number of benzene rings is 2. The van der Waals surface area contributed by atoms with Crippen molar-refractivity contribution in [3.63, 3.8) is 0 Å². The Bertz CT molecular complexity index is 1340. The molecule has 1 fully saturated rings. The molecule has 1 aliphatic heterocycles. The Morgan fingerprint density at radius 3 is 2.53 bits per heavy atom. The lowest BCUT2D eigenvalue weighted by atomic mass is 10.1. The minimum absolute atomic E-state index is 0.104. The highest BCUT2D eigenvalue weighted by atomic mass is 19.1. The summed E-state index contributed by atoms with van der Waals surface area (Å²) >= 11 is 0. The molecular formula is C25H24F2N4O3. The highest BCUT2D eigenvalue weighted by molar-refractivity contribution is 5.97. The molecule has 1 saturated heterocycles. The van der Waals surface area contributed by atoms with Crippen molar-refractivity contribution in [2.24, 2.45) is 0 Å². The van der Waals surface area contributed by atoms with Crippen LogP contribution in [0.5, 0.6) is 11.5 Å². The van der Waals surface area contributed by atoms with Crippen LogP contribution in [-0.4, -0.2) is 47.9 Å². The van der Waals surface area contributed by atoms with Crippen LogP contribution in [0.2, 0.25) is 0 Å². The van der Waals surface area contributed by atoms with Crippen molar-refractivity contribution in [3.05, 3.63) is 59.3 Å². The lowest BCUT2D eigenvalue weighted by Crippen LogP contribution is -2.27. The molecule has 0 aliphatic carbocycles. The maximum Gasteiger partial charge on any atom is 0.246 e. The molecule has 3 aromatic rings. The summed E-state index contributed by atoms with van der Waals surface area (Å²) in [6.07, 6.45) is 1.98. The van der Waals surface area contributed by atoms with Crippen LogP contribution < -0.4 is 15.2 Å². The number of aromatic nitrogens is 2. The third kappa shape index (κ3) is 3.81. The molecule has 9 heteroatoms. The van der Waals surface area contributed by atoms with E-state index in [9.17, 15) is 13.6 Å². The number of methoxy groups -OCH3 is 2. The van der Waals surface area contributed by atoms with Gasteiger partial charge in [-0.15, -0.1) is 0 Å². The van der Waals surface area contributed by atoms with E-state index in [0.717, 1.165) is 17.1 Å². The minimum atomic E-state index is -0.935. The molecule has 1 aliphatic rings. The molecule has 1 atom stereocenters. The van der Waals surface area contributed by atoms with Crippen molar-refractivity contribution in [1.29, 1.82) is 0 Å². The number of amides is 1. The van der Waals surface area contributed by atoms with E-state index in [2.05, 4.69) is 23.5 Å². The average molecular weight is 466 g/mol. The van der Waals surface area contributed by atoms with Gasteiger partial charge < -0.3 is 20.1 Å². The predicted molar refractivity (Wildman–Crippen MR) is 125 cm³/mol. The number of nitrogens with two attached hydrogens (primary N) is 1. The average Bonchev–Trinajstić information content (AvgIpc) is 3.47. The number of likely N-dealkylation sites (tertiary alicyclic amines) is 1. The number of nitrogens with zero attached hydrogens (tertiary/aromatic N) is 3. The van der Waals surface area contributed by atoms with E-state index in [4.69, 9.17) is 15.2 Å². The zero-order valence-electron chi connectivity index (χ0n) is 19.1. The van der Waals surface area contributed by atoms with Gasteiger partial charge in [-0.25, -0.2) is 8.78 Å². The lowest BCUT2D eigenvalue weighted by molar-refractivity contribution is -0.125. The SMILES string of the molecule is C=CC(=O)N1CCC(n2nc(C#Cc3c(F)c(OC)cc(OC)c3F)c3c(N)ccc(C)c32)C1. The zero-order valence-corrected chi connectivity index (χ0v) is 19.1. The Morgan fingerprint density at radius 1 is 1.24 bits per heavy atom. The second-order valence-corrected chi connectivity index (χ2v) is 7.95. The molecule has 2 heterocycles. The molecule has 0 bridgehead atoms. The van der Waals surface area contributed by atoms with Crippen LogP contribution in [0.15, 0.2) is 30.9 Å². The monoisotopic (exact) mass is 466 g/mol. The number of rotatable bonds is 4. The van der Waals surface area contributed by atoms with Crippen molar-refractivity contribution in [2.75, 3.05) is 33.0 Å². The summed E-state index contributed by atoms with van der Waals surface area (Å²) in [6.45, 7) is 6.49. The van der Waals surface area contributed by atoms with Crippen LogP contribution in [0.4, 0.5) is 14.5 Å². The smallest absolute Gasteiger partial charge is 0.246 e. The number of halogens is 2. The van der Waals surface area contributed by atoms with Gasteiger partial charge in [0, 0.05) is 24.8 Å². The number of aryl methyl sites for hydroxylation is 1. The summed E-state index contributed by atoms with van der Waals surface area (Å²) in [4.78, 5) is 13.8. The van der Waals surface area contributed by atoms with Gasteiger partial charge in [0.05, 0.1) is 31.2 Å². The quantitative estimate of drug-likeness (QED) is 0.361. The highest BCUT2D eigenvalue weighted by Gasteiger charge is 2.29. The number of ether oxygens (including phenoxy) is 2. The molecule has 0 spiro atoms. The van der Waals surface area contributed by atoms with Crippen molar-refractivity contribution in [1.82, 2.24) is 14.7 Å². The molecule has 7 nitrogen and oxygen atoms in total. The lowest BCUT2D eigenvalue weighted by Gasteiger charge is -2.16. The van der Waals surface area contributed by atoms with Crippen molar-refractivity contribution < 1.29 is 23.0 Å². The summed E-state index contributed by atoms with van der Waals surface area (Å²) < 4.78 is 41.4. The Kier molecular flexibility index (Phi) is 6.16. The first-order valence-corrected chi connectivity index (χ1v) is 10.6. The third-order valence-corrected chi connectivity index (χ3v) is 5.96. The summed E-state index contributed by atoms with van der Waals surface area (Å²) in [7, 11) is 2.54. The van der Waals surface area contributed by atoms with Crippen LogP contribution in [-0.2, 0) is 4.79 Å². The first-order chi connectivity index (χ1) is 16.3. The van der Waals surface area contributed by atoms with E-state index in [1.807, 2.05) is 13.0 Å². The van der Waals surface area contributed by atoms with E-state index in [1.54, 1.807) is 15.6 Å². The van der Waals surface area contributed by atoms with E-state index < -0.39 is 17.2 Å². The number of hydrogen-bond donors (Lipinski definition) is 1. The molecule has 0 saturated carbocycles. The van der Waals surface area contributed by atoms with E-state index >= 15 is 0 Å². The molecule has 2 N–H and O–H groups in total. The molecule has 34 heavy (non-hydrogen) atoms. The zero-order chi connectivity index (χ0) is 24.6. The molecule has 1 unspecified atom stereocenters.